The third-order valence-corrected chi connectivity index (χ3v) is 6.78. The third kappa shape index (κ3) is 6.26. The largest absolute Gasteiger partial charge is 0.444 e. The molecule has 160 valence electrons. The van der Waals surface area contributed by atoms with Crippen molar-refractivity contribution in [2.24, 2.45) is 4.99 Å². The van der Waals surface area contributed by atoms with E-state index in [4.69, 9.17) is 9.41 Å². The molecule has 0 unspecified atom stereocenters. The number of guanidine groups is 1. The maximum Gasteiger partial charge on any atom is 0.216 e. The van der Waals surface area contributed by atoms with Crippen molar-refractivity contribution in [1.29, 1.82) is 0 Å². The molecule has 0 amide bonds. The van der Waals surface area contributed by atoms with Gasteiger partial charge in [-0.15, -0.1) is 24.0 Å². The fraction of sp³-hybridized carbons (Fsp3) is 0.800. The van der Waals surface area contributed by atoms with Crippen molar-refractivity contribution in [3.8, 4) is 0 Å². The number of aryl methyl sites for hydroxylation is 2. The summed E-state index contributed by atoms with van der Waals surface area (Å²) in [5, 5.41) is 7.02. The van der Waals surface area contributed by atoms with Crippen molar-refractivity contribution >= 4 is 41.7 Å². The van der Waals surface area contributed by atoms with Gasteiger partial charge in [-0.3, -0.25) is 4.90 Å². The minimum absolute atomic E-state index is 0. The van der Waals surface area contributed by atoms with E-state index in [0.717, 1.165) is 30.5 Å². The van der Waals surface area contributed by atoms with E-state index >= 15 is 0 Å². The molecule has 2 fully saturated rings. The van der Waals surface area contributed by atoms with Crippen molar-refractivity contribution in [2.75, 3.05) is 37.7 Å². The van der Waals surface area contributed by atoms with Crippen LogP contribution in [0.2, 0.25) is 0 Å². The molecule has 1 saturated heterocycles. The third-order valence-electron chi connectivity index (χ3n) is 5.84. The highest BCUT2D eigenvalue weighted by molar-refractivity contribution is 14.0. The first-order chi connectivity index (χ1) is 13.1. The van der Waals surface area contributed by atoms with Gasteiger partial charge in [0, 0.05) is 43.2 Å². The monoisotopic (exact) mass is 521 g/mol. The molecular weight excluding hydrogens is 485 g/mol. The summed E-state index contributed by atoms with van der Waals surface area (Å²) in [6, 6.07) is 0. The Bertz CT molecular complexity index is 605. The molecule has 0 atom stereocenters. The number of oxazole rings is 1. The zero-order valence-corrected chi connectivity index (χ0v) is 20.7. The molecule has 2 heterocycles. The summed E-state index contributed by atoms with van der Waals surface area (Å²) >= 11 is 2.09. The summed E-state index contributed by atoms with van der Waals surface area (Å²) in [4.78, 5) is 11.9. The van der Waals surface area contributed by atoms with Gasteiger partial charge in [0.2, 0.25) is 5.89 Å². The summed E-state index contributed by atoms with van der Waals surface area (Å²) in [5.41, 5.74) is 1.23. The Kier molecular flexibility index (Phi) is 9.89. The fourth-order valence-electron chi connectivity index (χ4n) is 4.20. The Morgan fingerprint density at radius 1 is 1.18 bits per heavy atom. The second-order valence-electron chi connectivity index (χ2n) is 7.68. The maximum atomic E-state index is 5.67. The van der Waals surface area contributed by atoms with Crippen LogP contribution in [-0.4, -0.2) is 59.1 Å². The van der Waals surface area contributed by atoms with Gasteiger partial charge < -0.3 is 15.1 Å². The predicted octanol–water partition coefficient (Wildman–Crippen LogP) is 3.72. The van der Waals surface area contributed by atoms with Crippen molar-refractivity contribution in [2.45, 2.75) is 65.0 Å². The van der Waals surface area contributed by atoms with Crippen LogP contribution < -0.4 is 10.6 Å². The second kappa shape index (κ2) is 11.6. The van der Waals surface area contributed by atoms with Crippen LogP contribution in [0.4, 0.5) is 0 Å². The van der Waals surface area contributed by atoms with Gasteiger partial charge in [0.05, 0.1) is 5.69 Å². The Morgan fingerprint density at radius 2 is 1.89 bits per heavy atom. The lowest BCUT2D eigenvalue weighted by Crippen LogP contribution is -2.59. The second-order valence-corrected chi connectivity index (χ2v) is 8.91. The first-order valence-corrected chi connectivity index (χ1v) is 11.6. The maximum absolute atomic E-state index is 5.67. The van der Waals surface area contributed by atoms with E-state index in [-0.39, 0.29) is 29.5 Å². The zero-order chi connectivity index (χ0) is 19.1. The van der Waals surface area contributed by atoms with Crippen LogP contribution in [0.25, 0.3) is 0 Å². The molecule has 1 aliphatic heterocycles. The Balaban J connectivity index is 0.00000280. The van der Waals surface area contributed by atoms with E-state index < -0.39 is 0 Å². The molecule has 8 heteroatoms. The molecule has 2 N–H and O–H groups in total. The highest BCUT2D eigenvalue weighted by Crippen LogP contribution is 2.34. The van der Waals surface area contributed by atoms with Crippen molar-refractivity contribution in [3.63, 3.8) is 0 Å². The van der Waals surface area contributed by atoms with Crippen LogP contribution >= 0.6 is 35.7 Å². The summed E-state index contributed by atoms with van der Waals surface area (Å²) in [6.45, 7) is 10.7. The molecule has 0 aromatic carbocycles. The molecule has 1 aliphatic carbocycles. The highest BCUT2D eigenvalue weighted by atomic mass is 127. The smallest absolute Gasteiger partial charge is 0.216 e. The average Bonchev–Trinajstić information content (AvgIpc) is 3.03. The van der Waals surface area contributed by atoms with E-state index in [9.17, 15) is 0 Å². The van der Waals surface area contributed by atoms with Crippen LogP contribution in [0.3, 0.4) is 0 Å². The first-order valence-electron chi connectivity index (χ1n) is 10.4. The Morgan fingerprint density at radius 3 is 2.50 bits per heavy atom. The molecule has 6 nitrogen and oxygen atoms in total. The van der Waals surface area contributed by atoms with Gasteiger partial charge in [-0.05, 0) is 33.6 Å². The standard InChI is InChI=1S/C20H35N5OS.HI/c1-4-21-19(22-14-18-24-16(2)17(3)26-18)23-15-20(8-6-5-7-9-20)25-10-12-27-13-11-25;/h4-15H2,1-3H3,(H2,21,22,23);1H. The SMILES string of the molecule is CCNC(=NCc1nc(C)c(C)o1)NCC1(N2CCSCC2)CCCCC1.I. The fourth-order valence-corrected chi connectivity index (χ4v) is 5.10. The summed E-state index contributed by atoms with van der Waals surface area (Å²) in [6.07, 6.45) is 6.65. The van der Waals surface area contributed by atoms with Crippen LogP contribution in [0, 0.1) is 13.8 Å². The van der Waals surface area contributed by atoms with E-state index in [1.165, 1.54) is 56.7 Å². The zero-order valence-electron chi connectivity index (χ0n) is 17.6. The van der Waals surface area contributed by atoms with E-state index in [2.05, 4.69) is 39.2 Å². The van der Waals surface area contributed by atoms with Gasteiger partial charge in [0.1, 0.15) is 12.3 Å². The molecule has 1 saturated carbocycles. The topological polar surface area (TPSA) is 65.7 Å². The Labute approximate surface area is 191 Å². The summed E-state index contributed by atoms with van der Waals surface area (Å²) in [7, 11) is 0. The lowest BCUT2D eigenvalue weighted by Gasteiger charge is -2.48. The van der Waals surface area contributed by atoms with Gasteiger partial charge in [0.25, 0.3) is 0 Å². The average molecular weight is 522 g/mol. The molecule has 3 rings (SSSR count). The Hall–Kier alpha value is -0.480. The van der Waals surface area contributed by atoms with E-state index in [0.29, 0.717) is 12.4 Å². The summed E-state index contributed by atoms with van der Waals surface area (Å²) < 4.78 is 5.67. The number of hydrogen-bond donors (Lipinski definition) is 2. The van der Waals surface area contributed by atoms with Crippen LogP contribution in [0.1, 0.15) is 56.4 Å². The lowest BCUT2D eigenvalue weighted by atomic mass is 9.80. The van der Waals surface area contributed by atoms with Crippen LogP contribution in [0.15, 0.2) is 9.41 Å². The van der Waals surface area contributed by atoms with Crippen molar-refractivity contribution < 1.29 is 4.42 Å². The van der Waals surface area contributed by atoms with Gasteiger partial charge in [0.15, 0.2) is 5.96 Å². The quantitative estimate of drug-likeness (QED) is 0.338. The molecule has 2 aliphatic rings. The molecule has 1 aromatic rings. The molecule has 28 heavy (non-hydrogen) atoms. The van der Waals surface area contributed by atoms with Gasteiger partial charge >= 0.3 is 0 Å². The number of halogens is 1. The summed E-state index contributed by atoms with van der Waals surface area (Å²) in [5.74, 6) is 4.95. The van der Waals surface area contributed by atoms with E-state index in [1.807, 2.05) is 13.8 Å². The van der Waals surface area contributed by atoms with Gasteiger partial charge in [-0.2, -0.15) is 11.8 Å². The van der Waals surface area contributed by atoms with Gasteiger partial charge in [-0.25, -0.2) is 9.98 Å². The molecule has 0 radical (unpaired) electrons. The van der Waals surface area contributed by atoms with E-state index in [1.54, 1.807) is 0 Å². The number of aliphatic imine (C=N–C) groups is 1. The molecule has 0 bridgehead atoms. The normalized spacial score (nSPS) is 20.5. The number of aromatic nitrogens is 1. The van der Waals surface area contributed by atoms with Crippen LogP contribution in [0.5, 0.6) is 0 Å². The number of nitrogens with zero attached hydrogens (tertiary/aromatic N) is 3. The van der Waals surface area contributed by atoms with Gasteiger partial charge in [-0.1, -0.05) is 19.3 Å². The molecular formula is C20H36IN5OS. The van der Waals surface area contributed by atoms with Crippen LogP contribution in [-0.2, 0) is 6.54 Å². The lowest BCUT2D eigenvalue weighted by molar-refractivity contribution is 0.0626. The molecule has 0 spiro atoms. The van der Waals surface area contributed by atoms with Crippen molar-refractivity contribution in [1.82, 2.24) is 20.5 Å². The highest BCUT2D eigenvalue weighted by Gasteiger charge is 2.38. The molecule has 1 aromatic heterocycles. The minimum Gasteiger partial charge on any atom is -0.444 e. The number of hydrogen-bond acceptors (Lipinski definition) is 5. The van der Waals surface area contributed by atoms with Crippen molar-refractivity contribution in [3.05, 3.63) is 17.3 Å². The number of thioether (sulfide) groups is 1. The number of nitrogens with one attached hydrogen (secondary N) is 2. The first kappa shape index (κ1) is 23.8. The number of rotatable bonds is 6. The minimum atomic E-state index is 0. The predicted molar refractivity (Wildman–Crippen MR) is 129 cm³/mol.